The first-order valence-corrected chi connectivity index (χ1v) is 7.51. The van der Waals surface area contributed by atoms with E-state index in [1.807, 2.05) is 23.1 Å². The SMILES string of the molecule is COCC1CCCN1C(=O)CN1C(=O)COc2ccccc21. The van der Waals surface area contributed by atoms with Gasteiger partial charge in [0.15, 0.2) is 6.61 Å². The highest BCUT2D eigenvalue weighted by molar-refractivity contribution is 6.02. The van der Waals surface area contributed by atoms with Crippen molar-refractivity contribution >= 4 is 17.5 Å². The average Bonchev–Trinajstić information content (AvgIpc) is 2.99. The van der Waals surface area contributed by atoms with Crippen molar-refractivity contribution in [1.29, 1.82) is 0 Å². The molecule has 1 atom stereocenters. The highest BCUT2D eigenvalue weighted by Gasteiger charge is 2.33. The topological polar surface area (TPSA) is 59.1 Å². The highest BCUT2D eigenvalue weighted by atomic mass is 16.5. The van der Waals surface area contributed by atoms with Gasteiger partial charge in [-0.25, -0.2) is 0 Å². The normalized spacial score (nSPS) is 20.8. The highest BCUT2D eigenvalue weighted by Crippen LogP contribution is 2.31. The molecule has 22 heavy (non-hydrogen) atoms. The monoisotopic (exact) mass is 304 g/mol. The zero-order valence-electron chi connectivity index (χ0n) is 12.7. The number of fused-ring (bicyclic) bond motifs is 1. The van der Waals surface area contributed by atoms with Crippen LogP contribution in [0.2, 0.25) is 0 Å². The summed E-state index contributed by atoms with van der Waals surface area (Å²) in [6.07, 6.45) is 1.93. The molecule has 0 aliphatic carbocycles. The fraction of sp³-hybridized carbons (Fsp3) is 0.500. The van der Waals surface area contributed by atoms with Crippen LogP contribution >= 0.6 is 0 Å². The van der Waals surface area contributed by atoms with Crippen LogP contribution in [0.15, 0.2) is 24.3 Å². The van der Waals surface area contributed by atoms with Crippen LogP contribution in [0.25, 0.3) is 0 Å². The molecule has 0 bridgehead atoms. The third-order valence-corrected chi connectivity index (χ3v) is 4.16. The van der Waals surface area contributed by atoms with Gasteiger partial charge >= 0.3 is 0 Å². The standard InChI is InChI=1S/C16H20N2O4/c1-21-10-12-5-4-8-17(12)15(19)9-18-13-6-2-3-7-14(13)22-11-16(18)20/h2-3,6-7,12H,4-5,8-11H2,1H3. The summed E-state index contributed by atoms with van der Waals surface area (Å²) >= 11 is 0. The third-order valence-electron chi connectivity index (χ3n) is 4.16. The van der Waals surface area contributed by atoms with Crippen LogP contribution in [-0.2, 0) is 14.3 Å². The second-order valence-corrected chi connectivity index (χ2v) is 5.57. The molecule has 1 saturated heterocycles. The maximum Gasteiger partial charge on any atom is 0.265 e. The Morgan fingerprint density at radius 2 is 2.23 bits per heavy atom. The summed E-state index contributed by atoms with van der Waals surface area (Å²) in [4.78, 5) is 28.1. The van der Waals surface area contributed by atoms with Gasteiger partial charge in [0, 0.05) is 13.7 Å². The van der Waals surface area contributed by atoms with Gasteiger partial charge in [0.1, 0.15) is 12.3 Å². The molecule has 118 valence electrons. The van der Waals surface area contributed by atoms with Gasteiger partial charge in [-0.2, -0.15) is 0 Å². The molecular weight excluding hydrogens is 284 g/mol. The van der Waals surface area contributed by atoms with E-state index in [0.29, 0.717) is 18.0 Å². The van der Waals surface area contributed by atoms with E-state index in [2.05, 4.69) is 0 Å². The first-order valence-electron chi connectivity index (χ1n) is 7.51. The van der Waals surface area contributed by atoms with Crippen molar-refractivity contribution in [2.75, 3.05) is 38.3 Å². The van der Waals surface area contributed by atoms with Crippen molar-refractivity contribution < 1.29 is 19.1 Å². The number of hydrogen-bond donors (Lipinski definition) is 0. The fourth-order valence-electron chi connectivity index (χ4n) is 3.08. The molecule has 2 aliphatic rings. The number of para-hydroxylation sites is 2. The van der Waals surface area contributed by atoms with E-state index in [9.17, 15) is 9.59 Å². The molecule has 0 saturated carbocycles. The minimum Gasteiger partial charge on any atom is -0.482 e. The Bertz CT molecular complexity index is 575. The molecular formula is C16H20N2O4. The molecule has 0 spiro atoms. The molecule has 0 radical (unpaired) electrons. The van der Waals surface area contributed by atoms with E-state index in [1.165, 1.54) is 4.90 Å². The Labute approximate surface area is 129 Å². The van der Waals surface area contributed by atoms with Gasteiger partial charge in [0.05, 0.1) is 18.3 Å². The van der Waals surface area contributed by atoms with Crippen molar-refractivity contribution in [3.8, 4) is 5.75 Å². The zero-order valence-corrected chi connectivity index (χ0v) is 12.7. The van der Waals surface area contributed by atoms with Crippen LogP contribution in [0.1, 0.15) is 12.8 Å². The summed E-state index contributed by atoms with van der Waals surface area (Å²) in [6, 6.07) is 7.41. The van der Waals surface area contributed by atoms with E-state index in [4.69, 9.17) is 9.47 Å². The number of hydrogen-bond acceptors (Lipinski definition) is 4. The number of anilines is 1. The Morgan fingerprint density at radius 1 is 1.41 bits per heavy atom. The Hall–Kier alpha value is -2.08. The summed E-state index contributed by atoms with van der Waals surface area (Å²) in [5, 5.41) is 0. The van der Waals surface area contributed by atoms with Crippen LogP contribution < -0.4 is 9.64 Å². The van der Waals surface area contributed by atoms with Gasteiger partial charge in [-0.3, -0.25) is 14.5 Å². The minimum absolute atomic E-state index is 0.0220. The van der Waals surface area contributed by atoms with Gasteiger partial charge in [0.2, 0.25) is 5.91 Å². The Kier molecular flexibility index (Phi) is 4.29. The van der Waals surface area contributed by atoms with Crippen LogP contribution in [0.4, 0.5) is 5.69 Å². The Balaban J connectivity index is 1.75. The Morgan fingerprint density at radius 3 is 3.05 bits per heavy atom. The number of nitrogens with zero attached hydrogens (tertiary/aromatic N) is 2. The lowest BCUT2D eigenvalue weighted by Gasteiger charge is -2.31. The molecule has 2 amide bonds. The van der Waals surface area contributed by atoms with Crippen LogP contribution in [-0.4, -0.2) is 56.2 Å². The number of benzene rings is 1. The van der Waals surface area contributed by atoms with E-state index < -0.39 is 0 Å². The van der Waals surface area contributed by atoms with E-state index in [-0.39, 0.29) is 31.0 Å². The summed E-state index contributed by atoms with van der Waals surface area (Å²) in [7, 11) is 1.64. The van der Waals surface area contributed by atoms with E-state index in [0.717, 1.165) is 19.4 Å². The van der Waals surface area contributed by atoms with Crippen molar-refractivity contribution in [3.05, 3.63) is 24.3 Å². The van der Waals surface area contributed by atoms with E-state index >= 15 is 0 Å². The number of carbonyl (C=O) groups excluding carboxylic acids is 2. The van der Waals surface area contributed by atoms with Crippen molar-refractivity contribution in [2.45, 2.75) is 18.9 Å². The zero-order chi connectivity index (χ0) is 15.5. The average molecular weight is 304 g/mol. The predicted molar refractivity (Wildman–Crippen MR) is 80.9 cm³/mol. The van der Waals surface area contributed by atoms with Crippen molar-refractivity contribution in [2.24, 2.45) is 0 Å². The molecule has 1 fully saturated rings. The first-order chi connectivity index (χ1) is 10.7. The van der Waals surface area contributed by atoms with E-state index in [1.54, 1.807) is 13.2 Å². The molecule has 2 heterocycles. The largest absolute Gasteiger partial charge is 0.482 e. The molecule has 6 heteroatoms. The van der Waals surface area contributed by atoms with Gasteiger partial charge in [-0.05, 0) is 25.0 Å². The number of ether oxygens (including phenoxy) is 2. The molecule has 3 rings (SSSR count). The second kappa shape index (κ2) is 6.36. The van der Waals surface area contributed by atoms with Crippen LogP contribution in [0.3, 0.4) is 0 Å². The maximum atomic E-state index is 12.6. The summed E-state index contributed by atoms with van der Waals surface area (Å²) < 4.78 is 10.6. The summed E-state index contributed by atoms with van der Waals surface area (Å²) in [5.41, 5.74) is 0.662. The molecule has 0 N–H and O–H groups in total. The number of methoxy groups -OCH3 is 1. The predicted octanol–water partition coefficient (Wildman–Crippen LogP) is 1.05. The lowest BCUT2D eigenvalue weighted by Crippen LogP contribution is -2.48. The second-order valence-electron chi connectivity index (χ2n) is 5.57. The quantitative estimate of drug-likeness (QED) is 0.834. The summed E-state index contributed by atoms with van der Waals surface area (Å²) in [5.74, 6) is 0.420. The molecule has 2 aliphatic heterocycles. The number of rotatable bonds is 4. The lowest BCUT2D eigenvalue weighted by molar-refractivity contribution is -0.133. The minimum atomic E-state index is -0.186. The fourth-order valence-corrected chi connectivity index (χ4v) is 3.08. The maximum absolute atomic E-state index is 12.6. The number of carbonyl (C=O) groups is 2. The lowest BCUT2D eigenvalue weighted by atomic mass is 10.2. The van der Waals surface area contributed by atoms with Gasteiger partial charge < -0.3 is 14.4 Å². The number of likely N-dealkylation sites (tertiary alicyclic amines) is 1. The molecule has 1 aromatic carbocycles. The van der Waals surface area contributed by atoms with Crippen molar-refractivity contribution in [1.82, 2.24) is 4.90 Å². The molecule has 1 unspecified atom stereocenters. The first kappa shape index (κ1) is 14.8. The van der Waals surface area contributed by atoms with Crippen molar-refractivity contribution in [3.63, 3.8) is 0 Å². The van der Waals surface area contributed by atoms with Gasteiger partial charge in [-0.15, -0.1) is 0 Å². The van der Waals surface area contributed by atoms with Gasteiger partial charge in [0.25, 0.3) is 5.91 Å². The summed E-state index contributed by atoms with van der Waals surface area (Å²) in [6.45, 7) is 1.30. The smallest absolute Gasteiger partial charge is 0.265 e. The third kappa shape index (κ3) is 2.78. The van der Waals surface area contributed by atoms with Gasteiger partial charge in [-0.1, -0.05) is 12.1 Å². The molecule has 0 aromatic heterocycles. The van der Waals surface area contributed by atoms with Crippen LogP contribution in [0, 0.1) is 0 Å². The molecule has 1 aromatic rings. The number of amides is 2. The van der Waals surface area contributed by atoms with Crippen LogP contribution in [0.5, 0.6) is 5.75 Å². The molecule has 6 nitrogen and oxygen atoms in total.